The number of aromatic nitrogens is 4. The Hall–Kier alpha value is -2.63. The van der Waals surface area contributed by atoms with Gasteiger partial charge in [-0.15, -0.1) is 0 Å². The summed E-state index contributed by atoms with van der Waals surface area (Å²) < 4.78 is 7.22. The minimum Gasteiger partial charge on any atom is -0.399 e. The highest BCUT2D eigenvalue weighted by atomic mass is 16.5. The largest absolute Gasteiger partial charge is 0.399 e. The molecule has 6 heteroatoms. The standard InChI is InChI=1S/C15H15N5O/c1-20-9-6-12(18-20)13-17-14(21-19-13)15(7-8-15)10-2-4-11(16)5-3-10/h2-6,9H,7-8,16H2,1H3. The number of nitrogen functional groups attached to an aromatic ring is 1. The summed E-state index contributed by atoms with van der Waals surface area (Å²) in [5.74, 6) is 1.19. The molecule has 0 radical (unpaired) electrons. The smallest absolute Gasteiger partial charge is 0.237 e. The number of rotatable bonds is 3. The van der Waals surface area contributed by atoms with Gasteiger partial charge in [0.25, 0.3) is 0 Å². The number of hydrogen-bond donors (Lipinski definition) is 1. The number of nitrogens with two attached hydrogens (primary N) is 1. The Bertz CT molecular complexity index is 783. The Labute approximate surface area is 121 Å². The minimum absolute atomic E-state index is 0.145. The predicted molar refractivity (Wildman–Crippen MR) is 77.4 cm³/mol. The van der Waals surface area contributed by atoms with Crippen molar-refractivity contribution in [2.45, 2.75) is 18.3 Å². The second-order valence-corrected chi connectivity index (χ2v) is 5.50. The normalized spacial score (nSPS) is 16.0. The van der Waals surface area contributed by atoms with Gasteiger partial charge in [0.15, 0.2) is 0 Å². The third-order valence-corrected chi connectivity index (χ3v) is 3.99. The van der Waals surface area contributed by atoms with Crippen molar-refractivity contribution < 1.29 is 4.52 Å². The molecular weight excluding hydrogens is 266 g/mol. The molecule has 1 aliphatic carbocycles. The molecule has 1 aliphatic rings. The maximum absolute atomic E-state index is 5.75. The van der Waals surface area contributed by atoms with Gasteiger partial charge in [-0.1, -0.05) is 17.3 Å². The van der Waals surface area contributed by atoms with Gasteiger partial charge in [-0.3, -0.25) is 4.68 Å². The lowest BCUT2D eigenvalue weighted by Gasteiger charge is -2.10. The van der Waals surface area contributed by atoms with Crippen LogP contribution >= 0.6 is 0 Å². The summed E-state index contributed by atoms with van der Waals surface area (Å²) in [5.41, 5.74) is 8.26. The van der Waals surface area contributed by atoms with E-state index >= 15 is 0 Å². The van der Waals surface area contributed by atoms with Crippen molar-refractivity contribution in [1.29, 1.82) is 0 Å². The van der Waals surface area contributed by atoms with Crippen molar-refractivity contribution in [2.24, 2.45) is 7.05 Å². The molecule has 0 unspecified atom stereocenters. The molecule has 0 saturated heterocycles. The fraction of sp³-hybridized carbons (Fsp3) is 0.267. The molecule has 0 spiro atoms. The number of hydrogen-bond acceptors (Lipinski definition) is 5. The van der Waals surface area contributed by atoms with Crippen LogP contribution < -0.4 is 5.73 Å². The topological polar surface area (TPSA) is 82.8 Å². The quantitative estimate of drug-likeness (QED) is 0.744. The van der Waals surface area contributed by atoms with E-state index in [9.17, 15) is 0 Å². The van der Waals surface area contributed by atoms with Crippen molar-refractivity contribution in [1.82, 2.24) is 19.9 Å². The lowest BCUT2D eigenvalue weighted by atomic mass is 9.96. The zero-order valence-corrected chi connectivity index (χ0v) is 11.7. The van der Waals surface area contributed by atoms with E-state index < -0.39 is 0 Å². The van der Waals surface area contributed by atoms with Gasteiger partial charge in [0.1, 0.15) is 5.69 Å². The third kappa shape index (κ3) is 1.91. The molecule has 0 bridgehead atoms. The molecule has 1 fully saturated rings. The van der Waals surface area contributed by atoms with E-state index in [2.05, 4.69) is 15.2 Å². The van der Waals surface area contributed by atoms with E-state index in [-0.39, 0.29) is 5.41 Å². The second kappa shape index (κ2) is 4.18. The summed E-state index contributed by atoms with van der Waals surface area (Å²) in [5, 5.41) is 8.36. The van der Waals surface area contributed by atoms with E-state index in [1.165, 1.54) is 5.56 Å². The Morgan fingerprint density at radius 3 is 2.57 bits per heavy atom. The maximum atomic E-state index is 5.75. The van der Waals surface area contributed by atoms with Crippen LogP contribution in [-0.2, 0) is 12.5 Å². The van der Waals surface area contributed by atoms with Crippen molar-refractivity contribution in [3.8, 4) is 11.5 Å². The Kier molecular flexibility index (Phi) is 2.42. The zero-order valence-electron chi connectivity index (χ0n) is 11.7. The summed E-state index contributed by atoms with van der Waals surface area (Å²) >= 11 is 0. The van der Waals surface area contributed by atoms with Gasteiger partial charge in [-0.2, -0.15) is 10.1 Å². The first-order chi connectivity index (χ1) is 10.2. The van der Waals surface area contributed by atoms with E-state index in [0.717, 1.165) is 24.2 Å². The number of anilines is 1. The van der Waals surface area contributed by atoms with E-state index in [4.69, 9.17) is 10.3 Å². The molecule has 2 N–H and O–H groups in total. The van der Waals surface area contributed by atoms with Crippen LogP contribution in [0, 0.1) is 0 Å². The highest BCUT2D eigenvalue weighted by Crippen LogP contribution is 2.53. The van der Waals surface area contributed by atoms with Crippen LogP contribution in [0.15, 0.2) is 41.1 Å². The van der Waals surface area contributed by atoms with Crippen LogP contribution in [0.2, 0.25) is 0 Å². The summed E-state index contributed by atoms with van der Waals surface area (Å²) in [7, 11) is 1.86. The summed E-state index contributed by atoms with van der Waals surface area (Å²) in [6.07, 6.45) is 3.89. The van der Waals surface area contributed by atoms with Crippen molar-refractivity contribution in [3.63, 3.8) is 0 Å². The molecule has 1 aromatic carbocycles. The first kappa shape index (κ1) is 12.1. The third-order valence-electron chi connectivity index (χ3n) is 3.99. The Morgan fingerprint density at radius 2 is 1.95 bits per heavy atom. The SMILES string of the molecule is Cn1ccc(-c2noc(C3(c4ccc(N)cc4)CC3)n2)n1. The number of benzene rings is 1. The fourth-order valence-corrected chi connectivity index (χ4v) is 2.61. The van der Waals surface area contributed by atoms with Crippen LogP contribution in [-0.4, -0.2) is 19.9 Å². The van der Waals surface area contributed by atoms with E-state index in [1.54, 1.807) is 4.68 Å². The highest BCUT2D eigenvalue weighted by Gasteiger charge is 2.51. The lowest BCUT2D eigenvalue weighted by Crippen LogP contribution is -2.09. The fourth-order valence-electron chi connectivity index (χ4n) is 2.61. The minimum atomic E-state index is -0.145. The van der Waals surface area contributed by atoms with Gasteiger partial charge in [0, 0.05) is 18.9 Å². The van der Waals surface area contributed by atoms with Crippen LogP contribution in [0.5, 0.6) is 0 Å². The van der Waals surface area contributed by atoms with Gasteiger partial charge in [0.05, 0.1) is 5.41 Å². The van der Waals surface area contributed by atoms with Crippen LogP contribution in [0.4, 0.5) is 5.69 Å². The monoisotopic (exact) mass is 281 g/mol. The first-order valence-corrected chi connectivity index (χ1v) is 6.88. The van der Waals surface area contributed by atoms with Crippen LogP contribution in [0.25, 0.3) is 11.5 Å². The predicted octanol–water partition coefficient (Wildman–Crippen LogP) is 2.13. The second-order valence-electron chi connectivity index (χ2n) is 5.50. The Balaban J connectivity index is 1.70. The van der Waals surface area contributed by atoms with Gasteiger partial charge in [-0.25, -0.2) is 0 Å². The van der Waals surface area contributed by atoms with Crippen LogP contribution in [0.1, 0.15) is 24.3 Å². The van der Waals surface area contributed by atoms with E-state index in [1.807, 2.05) is 43.6 Å². The molecule has 3 aromatic rings. The molecule has 0 amide bonds. The molecule has 0 atom stereocenters. The van der Waals surface area contributed by atoms with Gasteiger partial charge in [0.2, 0.25) is 11.7 Å². The molecule has 0 aliphatic heterocycles. The number of aryl methyl sites for hydroxylation is 1. The lowest BCUT2D eigenvalue weighted by molar-refractivity contribution is 0.360. The van der Waals surface area contributed by atoms with Gasteiger partial charge >= 0.3 is 0 Å². The molecule has 1 saturated carbocycles. The number of nitrogens with zero attached hydrogens (tertiary/aromatic N) is 4. The average molecular weight is 281 g/mol. The zero-order chi connectivity index (χ0) is 14.4. The summed E-state index contributed by atoms with van der Waals surface area (Å²) in [4.78, 5) is 4.54. The first-order valence-electron chi connectivity index (χ1n) is 6.88. The summed E-state index contributed by atoms with van der Waals surface area (Å²) in [6.45, 7) is 0. The molecule has 4 rings (SSSR count). The average Bonchev–Trinajstić information content (AvgIpc) is 2.94. The van der Waals surface area contributed by atoms with Crippen molar-refractivity contribution >= 4 is 5.69 Å². The molecule has 2 heterocycles. The Morgan fingerprint density at radius 1 is 1.19 bits per heavy atom. The highest BCUT2D eigenvalue weighted by molar-refractivity contribution is 5.50. The summed E-state index contributed by atoms with van der Waals surface area (Å²) in [6, 6.07) is 9.76. The molecular formula is C15H15N5O. The van der Waals surface area contributed by atoms with E-state index in [0.29, 0.717) is 11.7 Å². The maximum Gasteiger partial charge on any atom is 0.237 e. The van der Waals surface area contributed by atoms with Crippen LogP contribution in [0.3, 0.4) is 0 Å². The molecule has 21 heavy (non-hydrogen) atoms. The van der Waals surface area contributed by atoms with Crippen molar-refractivity contribution in [2.75, 3.05) is 5.73 Å². The molecule has 6 nitrogen and oxygen atoms in total. The molecule has 2 aromatic heterocycles. The van der Waals surface area contributed by atoms with Gasteiger partial charge < -0.3 is 10.3 Å². The van der Waals surface area contributed by atoms with Crippen molar-refractivity contribution in [3.05, 3.63) is 48.0 Å². The molecule has 106 valence electrons. The van der Waals surface area contributed by atoms with Gasteiger partial charge in [-0.05, 0) is 36.6 Å².